The predicted molar refractivity (Wildman–Crippen MR) is 123 cm³/mol. The van der Waals surface area contributed by atoms with E-state index in [1.54, 1.807) is 18.2 Å². The van der Waals surface area contributed by atoms with Crippen molar-refractivity contribution in [3.8, 4) is 0 Å². The van der Waals surface area contributed by atoms with Crippen LogP contribution in [0.1, 0.15) is 34.8 Å². The third-order valence-corrected chi connectivity index (χ3v) is 5.38. The lowest BCUT2D eigenvalue weighted by Crippen LogP contribution is -2.36. The fraction of sp³-hybridized carbons (Fsp3) is 0.500. The molecule has 3 atom stereocenters. The van der Waals surface area contributed by atoms with E-state index < -0.39 is 24.4 Å². The smallest absolute Gasteiger partial charge is 0.115 e. The molecule has 0 spiro atoms. The van der Waals surface area contributed by atoms with Crippen LogP contribution in [0.5, 0.6) is 0 Å². The highest BCUT2D eigenvalue weighted by atomic mass is 16.5. The van der Waals surface area contributed by atoms with E-state index in [2.05, 4.69) is 5.32 Å². The zero-order valence-electron chi connectivity index (χ0n) is 18.6. The molecule has 178 valence electrons. The van der Waals surface area contributed by atoms with Crippen molar-refractivity contribution in [1.29, 1.82) is 0 Å². The highest BCUT2D eigenvalue weighted by Gasteiger charge is 2.32. The van der Waals surface area contributed by atoms with Crippen LogP contribution >= 0.6 is 0 Å². The van der Waals surface area contributed by atoms with E-state index in [9.17, 15) is 20.4 Å². The summed E-state index contributed by atoms with van der Waals surface area (Å²) in [4.78, 5) is 0. The Morgan fingerprint density at radius 2 is 1.75 bits per heavy atom. The van der Waals surface area contributed by atoms with Crippen LogP contribution in [0.2, 0.25) is 0 Å². The summed E-state index contributed by atoms with van der Waals surface area (Å²) in [6.07, 6.45) is -0.670. The first-order chi connectivity index (χ1) is 15.3. The van der Waals surface area contributed by atoms with E-state index in [1.807, 2.05) is 24.3 Å². The van der Waals surface area contributed by atoms with Crippen LogP contribution in [0.4, 0.5) is 5.69 Å². The van der Waals surface area contributed by atoms with Gasteiger partial charge in [0.2, 0.25) is 0 Å². The summed E-state index contributed by atoms with van der Waals surface area (Å²) in [6.45, 7) is 0.300. The number of aliphatic hydroxyl groups is 5. The van der Waals surface area contributed by atoms with Crippen molar-refractivity contribution in [2.75, 3.05) is 45.3 Å². The van der Waals surface area contributed by atoms with Gasteiger partial charge in [-0.1, -0.05) is 30.3 Å². The van der Waals surface area contributed by atoms with Gasteiger partial charge in [0, 0.05) is 25.8 Å². The molecule has 32 heavy (non-hydrogen) atoms. The molecule has 8 nitrogen and oxygen atoms in total. The van der Waals surface area contributed by atoms with E-state index in [4.69, 9.17) is 15.6 Å². The number of aliphatic hydroxyl groups excluding tert-OH is 4. The Kier molecular flexibility index (Phi) is 10.5. The second-order valence-corrected chi connectivity index (χ2v) is 8.08. The minimum Gasteiger partial charge on any atom is -0.394 e. The maximum atomic E-state index is 11.0. The largest absolute Gasteiger partial charge is 0.394 e. The number of benzene rings is 2. The van der Waals surface area contributed by atoms with Gasteiger partial charge in [-0.3, -0.25) is 0 Å². The molecule has 0 saturated carbocycles. The van der Waals surface area contributed by atoms with Crippen molar-refractivity contribution in [1.82, 2.24) is 0 Å². The monoisotopic (exact) mass is 448 g/mol. The van der Waals surface area contributed by atoms with Crippen LogP contribution in [0.25, 0.3) is 0 Å². The lowest BCUT2D eigenvalue weighted by molar-refractivity contribution is -0.0746. The summed E-state index contributed by atoms with van der Waals surface area (Å²) in [7, 11) is 1.47. The first kappa shape index (κ1) is 26.2. The van der Waals surface area contributed by atoms with Gasteiger partial charge in [-0.2, -0.15) is 0 Å². The van der Waals surface area contributed by atoms with E-state index >= 15 is 0 Å². The molecule has 0 saturated heterocycles. The van der Waals surface area contributed by atoms with Crippen LogP contribution in [-0.4, -0.2) is 71.7 Å². The number of nitrogens with two attached hydrogens (primary N) is 1. The topological polar surface area (TPSA) is 148 Å². The predicted octanol–water partition coefficient (Wildman–Crippen LogP) is 0.445. The van der Waals surface area contributed by atoms with Crippen LogP contribution in [0.15, 0.2) is 42.5 Å². The zero-order valence-corrected chi connectivity index (χ0v) is 18.6. The van der Waals surface area contributed by atoms with Gasteiger partial charge in [-0.25, -0.2) is 0 Å². The van der Waals surface area contributed by atoms with Gasteiger partial charge in [-0.05, 0) is 53.8 Å². The zero-order chi connectivity index (χ0) is 23.6. The van der Waals surface area contributed by atoms with E-state index in [1.165, 1.54) is 7.11 Å². The fourth-order valence-corrected chi connectivity index (χ4v) is 3.77. The Morgan fingerprint density at radius 3 is 2.38 bits per heavy atom. The first-order valence-electron chi connectivity index (χ1n) is 10.8. The van der Waals surface area contributed by atoms with Gasteiger partial charge in [0.1, 0.15) is 11.7 Å². The highest BCUT2D eigenvalue weighted by Crippen LogP contribution is 2.29. The van der Waals surface area contributed by atoms with E-state index in [0.29, 0.717) is 37.1 Å². The fourth-order valence-electron chi connectivity index (χ4n) is 3.77. The van der Waals surface area contributed by atoms with Crippen molar-refractivity contribution < 1.29 is 30.3 Å². The number of anilines is 1. The second kappa shape index (κ2) is 12.9. The lowest BCUT2D eigenvalue weighted by Gasteiger charge is -2.30. The highest BCUT2D eigenvalue weighted by molar-refractivity contribution is 5.47. The number of hydrogen-bond donors (Lipinski definition) is 7. The number of hydrogen-bond acceptors (Lipinski definition) is 8. The minimum atomic E-state index is -1.43. The van der Waals surface area contributed by atoms with E-state index in [-0.39, 0.29) is 19.6 Å². The molecule has 0 bridgehead atoms. The van der Waals surface area contributed by atoms with Crippen molar-refractivity contribution in [3.05, 3.63) is 64.7 Å². The Hall–Kier alpha value is -2.04. The summed E-state index contributed by atoms with van der Waals surface area (Å²) >= 11 is 0. The summed E-state index contributed by atoms with van der Waals surface area (Å²) in [5, 5.41) is 52.6. The average molecular weight is 449 g/mol. The number of rotatable bonds is 14. The summed E-state index contributed by atoms with van der Waals surface area (Å²) in [5.74, 6) is 0. The van der Waals surface area contributed by atoms with Gasteiger partial charge >= 0.3 is 0 Å². The quantitative estimate of drug-likeness (QED) is 0.220. The maximum Gasteiger partial charge on any atom is 0.115 e. The van der Waals surface area contributed by atoms with Gasteiger partial charge in [0.25, 0.3) is 0 Å². The molecule has 0 aliphatic rings. The number of ether oxygens (including phenoxy) is 1. The molecule has 0 aliphatic carbocycles. The van der Waals surface area contributed by atoms with E-state index in [0.717, 1.165) is 16.8 Å². The molecule has 0 amide bonds. The third kappa shape index (κ3) is 7.53. The maximum absolute atomic E-state index is 11.0. The van der Waals surface area contributed by atoms with Crippen molar-refractivity contribution in [2.45, 2.75) is 37.1 Å². The molecular weight excluding hydrogens is 412 g/mol. The molecule has 2 aromatic carbocycles. The SMILES string of the molecule is COCC(O)(CC(O)CO)c1cccc(NCCc2cc(CCN)cc(C(O)CO)c2)c1. The normalized spacial score (nSPS) is 15.2. The number of methoxy groups -OCH3 is 1. The van der Waals surface area contributed by atoms with Crippen LogP contribution in [0, 0.1) is 0 Å². The van der Waals surface area contributed by atoms with Crippen LogP contribution < -0.4 is 11.1 Å². The van der Waals surface area contributed by atoms with Gasteiger partial charge in [0.15, 0.2) is 0 Å². The van der Waals surface area contributed by atoms with Gasteiger partial charge in [0.05, 0.1) is 25.9 Å². The van der Waals surface area contributed by atoms with Crippen molar-refractivity contribution in [2.24, 2.45) is 5.73 Å². The van der Waals surface area contributed by atoms with Crippen LogP contribution in [0.3, 0.4) is 0 Å². The van der Waals surface area contributed by atoms with Crippen molar-refractivity contribution >= 4 is 5.69 Å². The lowest BCUT2D eigenvalue weighted by atomic mass is 9.88. The third-order valence-electron chi connectivity index (χ3n) is 5.38. The minimum absolute atomic E-state index is 0.0165. The molecule has 0 aliphatic heterocycles. The molecule has 8 N–H and O–H groups in total. The van der Waals surface area contributed by atoms with Crippen LogP contribution in [-0.2, 0) is 23.2 Å². The Labute approximate surface area is 189 Å². The Morgan fingerprint density at radius 1 is 1.03 bits per heavy atom. The standard InChI is InChI=1S/C24H36N2O6/c1-32-16-24(31,13-22(29)14-27)20-3-2-4-21(12-20)26-8-6-18-9-17(5-7-25)10-19(11-18)23(30)15-28/h2-4,9-12,22-23,26-31H,5-8,13-16,25H2,1H3. The molecular formula is C24H36N2O6. The van der Waals surface area contributed by atoms with Gasteiger partial charge in [-0.15, -0.1) is 0 Å². The Bertz CT molecular complexity index is 834. The summed E-state index contributed by atoms with van der Waals surface area (Å²) in [6, 6.07) is 13.0. The first-order valence-corrected chi connectivity index (χ1v) is 10.8. The average Bonchev–Trinajstić information content (AvgIpc) is 2.79. The molecule has 3 unspecified atom stereocenters. The van der Waals surface area contributed by atoms with Crippen molar-refractivity contribution in [3.63, 3.8) is 0 Å². The molecule has 0 aromatic heterocycles. The molecule has 8 heteroatoms. The summed E-state index contributed by atoms with van der Waals surface area (Å²) in [5.41, 5.74) is 8.32. The molecule has 0 fully saturated rings. The molecule has 0 radical (unpaired) electrons. The second-order valence-electron chi connectivity index (χ2n) is 8.08. The van der Waals surface area contributed by atoms with Gasteiger partial charge < -0.3 is 41.3 Å². The molecule has 0 heterocycles. The number of nitrogens with one attached hydrogen (secondary N) is 1. The summed E-state index contributed by atoms with van der Waals surface area (Å²) < 4.78 is 5.15. The molecule has 2 rings (SSSR count). The molecule has 2 aromatic rings. The Balaban J connectivity index is 2.11.